The number of halogens is 3. The summed E-state index contributed by atoms with van der Waals surface area (Å²) in [6, 6.07) is 6.27. The third kappa shape index (κ3) is 3.71. The van der Waals surface area contributed by atoms with E-state index in [4.69, 9.17) is 0 Å². The minimum Gasteiger partial charge on any atom is -0.346 e. The Bertz CT molecular complexity index is 831. The molecule has 0 spiro atoms. The summed E-state index contributed by atoms with van der Waals surface area (Å²) in [5.41, 5.74) is -0.375. The molecule has 0 aliphatic carbocycles. The lowest BCUT2D eigenvalue weighted by Gasteiger charge is -2.20. The second kappa shape index (κ2) is 6.81. The molecule has 3 rings (SSSR count). The molecule has 1 aromatic carbocycles. The van der Waals surface area contributed by atoms with Crippen LogP contribution in [-0.2, 0) is 24.6 Å². The van der Waals surface area contributed by atoms with Crippen LogP contribution in [0.15, 0.2) is 36.5 Å². The Kier molecular flexibility index (Phi) is 4.71. The fourth-order valence-corrected chi connectivity index (χ4v) is 3.02. The van der Waals surface area contributed by atoms with E-state index in [9.17, 15) is 22.8 Å². The fraction of sp³-hybridized carbons (Fsp3) is 0.353. The molecule has 1 saturated heterocycles. The van der Waals surface area contributed by atoms with E-state index >= 15 is 0 Å². The average Bonchev–Trinajstić information content (AvgIpc) is 3.13. The van der Waals surface area contributed by atoms with Gasteiger partial charge in [0.2, 0.25) is 5.91 Å². The molecule has 26 heavy (non-hydrogen) atoms. The van der Waals surface area contributed by atoms with Gasteiger partial charge in [0.1, 0.15) is 5.69 Å². The zero-order valence-corrected chi connectivity index (χ0v) is 14.0. The van der Waals surface area contributed by atoms with Crippen molar-refractivity contribution in [3.63, 3.8) is 0 Å². The van der Waals surface area contributed by atoms with E-state index in [1.165, 1.54) is 34.0 Å². The maximum absolute atomic E-state index is 13.1. The molecular formula is C17H17F3N4O2. The number of likely N-dealkylation sites (tertiary alicyclic amines) is 1. The van der Waals surface area contributed by atoms with Crippen LogP contribution in [0.1, 0.15) is 28.0 Å². The van der Waals surface area contributed by atoms with Crippen LogP contribution in [0, 0.1) is 0 Å². The highest BCUT2D eigenvalue weighted by Gasteiger charge is 2.36. The molecule has 0 saturated carbocycles. The van der Waals surface area contributed by atoms with Gasteiger partial charge in [-0.25, -0.2) is 0 Å². The van der Waals surface area contributed by atoms with Crippen LogP contribution in [0.3, 0.4) is 0 Å². The van der Waals surface area contributed by atoms with Crippen molar-refractivity contribution in [2.24, 2.45) is 7.05 Å². The number of hydrogen-bond donors (Lipinski definition) is 1. The Morgan fingerprint density at radius 2 is 2.04 bits per heavy atom. The predicted octanol–water partition coefficient (Wildman–Crippen LogP) is 1.97. The molecule has 1 aliphatic heterocycles. The van der Waals surface area contributed by atoms with Crippen molar-refractivity contribution in [1.82, 2.24) is 20.0 Å². The van der Waals surface area contributed by atoms with E-state index in [0.29, 0.717) is 5.69 Å². The maximum atomic E-state index is 13.1. The summed E-state index contributed by atoms with van der Waals surface area (Å²) >= 11 is 0. The van der Waals surface area contributed by atoms with Crippen molar-refractivity contribution in [1.29, 1.82) is 0 Å². The standard InChI is InChI=1S/C17H17F3N4O2/c1-23-14(6-7-21-23)16(26)22-12-8-15(25)24(10-12)9-11-4-2-3-5-13(11)17(18,19)20/h2-7,12H,8-10H2,1H3,(H,22,26)/t12-/m0/s1. The fourth-order valence-electron chi connectivity index (χ4n) is 3.02. The molecule has 1 N–H and O–H groups in total. The van der Waals surface area contributed by atoms with Crippen molar-refractivity contribution in [2.45, 2.75) is 25.2 Å². The quantitative estimate of drug-likeness (QED) is 0.900. The number of hydrogen-bond acceptors (Lipinski definition) is 3. The third-order valence-corrected chi connectivity index (χ3v) is 4.29. The van der Waals surface area contributed by atoms with Gasteiger partial charge in [0.25, 0.3) is 5.91 Å². The minimum absolute atomic E-state index is 0.0342. The van der Waals surface area contributed by atoms with Crippen molar-refractivity contribution in [2.75, 3.05) is 6.54 Å². The summed E-state index contributed by atoms with van der Waals surface area (Å²) in [4.78, 5) is 25.7. The van der Waals surface area contributed by atoms with Gasteiger partial charge in [-0.1, -0.05) is 18.2 Å². The van der Waals surface area contributed by atoms with Crippen LogP contribution in [0.2, 0.25) is 0 Å². The maximum Gasteiger partial charge on any atom is 0.416 e. The Balaban J connectivity index is 1.68. The van der Waals surface area contributed by atoms with Crippen LogP contribution < -0.4 is 5.32 Å². The number of alkyl halides is 3. The second-order valence-electron chi connectivity index (χ2n) is 6.14. The number of carbonyl (C=O) groups excluding carboxylic acids is 2. The van der Waals surface area contributed by atoms with E-state index in [0.717, 1.165) is 6.07 Å². The molecule has 6 nitrogen and oxygen atoms in total. The summed E-state index contributed by atoms with van der Waals surface area (Å²) in [6.45, 7) is 0.0151. The van der Waals surface area contributed by atoms with Gasteiger partial charge in [-0.2, -0.15) is 18.3 Å². The van der Waals surface area contributed by atoms with Crippen LogP contribution in [-0.4, -0.2) is 39.1 Å². The summed E-state index contributed by atoms with van der Waals surface area (Å²) < 4.78 is 40.7. The molecular weight excluding hydrogens is 349 g/mol. The summed E-state index contributed by atoms with van der Waals surface area (Å²) in [5, 5.41) is 6.63. The molecule has 1 aromatic heterocycles. The Morgan fingerprint density at radius 1 is 1.31 bits per heavy atom. The van der Waals surface area contributed by atoms with Crippen LogP contribution >= 0.6 is 0 Å². The highest BCUT2D eigenvalue weighted by Crippen LogP contribution is 2.32. The van der Waals surface area contributed by atoms with E-state index in [2.05, 4.69) is 10.4 Å². The number of benzene rings is 1. The topological polar surface area (TPSA) is 67.2 Å². The number of aryl methyl sites for hydroxylation is 1. The van der Waals surface area contributed by atoms with Crippen molar-refractivity contribution < 1.29 is 22.8 Å². The molecule has 1 aliphatic rings. The highest BCUT2D eigenvalue weighted by molar-refractivity contribution is 5.93. The molecule has 2 amide bonds. The molecule has 1 atom stereocenters. The average molecular weight is 366 g/mol. The van der Waals surface area contributed by atoms with Gasteiger partial charge in [0.05, 0.1) is 11.6 Å². The Morgan fingerprint density at radius 3 is 2.69 bits per heavy atom. The Labute approximate surface area is 147 Å². The summed E-state index contributed by atoms with van der Waals surface area (Å²) in [7, 11) is 1.62. The first kappa shape index (κ1) is 18.0. The molecule has 138 valence electrons. The minimum atomic E-state index is -4.48. The van der Waals surface area contributed by atoms with Crippen molar-refractivity contribution >= 4 is 11.8 Å². The first-order valence-corrected chi connectivity index (χ1v) is 7.97. The van der Waals surface area contributed by atoms with E-state index in [1.807, 2.05) is 0 Å². The molecule has 1 fully saturated rings. The van der Waals surface area contributed by atoms with Crippen molar-refractivity contribution in [3.05, 3.63) is 53.3 Å². The number of carbonyl (C=O) groups is 2. The smallest absolute Gasteiger partial charge is 0.346 e. The number of aromatic nitrogens is 2. The number of nitrogens with one attached hydrogen (secondary N) is 1. The lowest BCUT2D eigenvalue weighted by Crippen LogP contribution is -2.38. The lowest BCUT2D eigenvalue weighted by molar-refractivity contribution is -0.139. The zero-order chi connectivity index (χ0) is 18.9. The van der Waals surface area contributed by atoms with Crippen LogP contribution in [0.4, 0.5) is 13.2 Å². The molecule has 0 radical (unpaired) electrons. The predicted molar refractivity (Wildman–Crippen MR) is 85.9 cm³/mol. The largest absolute Gasteiger partial charge is 0.416 e. The summed E-state index contributed by atoms with van der Waals surface area (Å²) in [6.07, 6.45) is -2.95. The molecule has 0 unspecified atom stereocenters. The van der Waals surface area contributed by atoms with Gasteiger partial charge >= 0.3 is 6.18 Å². The van der Waals surface area contributed by atoms with Crippen LogP contribution in [0.5, 0.6) is 0 Å². The monoisotopic (exact) mass is 366 g/mol. The number of nitrogens with zero attached hydrogens (tertiary/aromatic N) is 3. The third-order valence-electron chi connectivity index (χ3n) is 4.29. The van der Waals surface area contributed by atoms with Gasteiger partial charge in [-0.15, -0.1) is 0 Å². The lowest BCUT2D eigenvalue weighted by atomic mass is 10.1. The normalized spacial score (nSPS) is 17.6. The molecule has 9 heteroatoms. The highest BCUT2D eigenvalue weighted by atomic mass is 19.4. The van der Waals surface area contributed by atoms with Gasteiger partial charge < -0.3 is 10.2 Å². The molecule has 2 aromatic rings. The zero-order valence-electron chi connectivity index (χ0n) is 14.0. The van der Waals surface area contributed by atoms with Gasteiger partial charge in [-0.05, 0) is 17.7 Å². The first-order chi connectivity index (χ1) is 12.3. The van der Waals surface area contributed by atoms with Gasteiger partial charge in [-0.3, -0.25) is 14.3 Å². The van der Waals surface area contributed by atoms with E-state index < -0.39 is 17.8 Å². The molecule has 2 heterocycles. The van der Waals surface area contributed by atoms with Crippen LogP contribution in [0.25, 0.3) is 0 Å². The van der Waals surface area contributed by atoms with Gasteiger partial charge in [0.15, 0.2) is 0 Å². The second-order valence-corrected chi connectivity index (χ2v) is 6.14. The SMILES string of the molecule is Cn1nccc1C(=O)N[C@H]1CC(=O)N(Cc2ccccc2C(F)(F)F)C1. The first-order valence-electron chi connectivity index (χ1n) is 7.97. The Hall–Kier alpha value is -2.84. The summed E-state index contributed by atoms with van der Waals surface area (Å²) in [5.74, 6) is -0.669. The number of amides is 2. The number of rotatable bonds is 4. The van der Waals surface area contributed by atoms with E-state index in [1.54, 1.807) is 13.1 Å². The van der Waals surface area contributed by atoms with Gasteiger partial charge in [0, 0.05) is 32.8 Å². The van der Waals surface area contributed by atoms with E-state index in [-0.39, 0.29) is 36.9 Å². The van der Waals surface area contributed by atoms with Crippen molar-refractivity contribution in [3.8, 4) is 0 Å². The molecule has 0 bridgehead atoms.